The number of hydrogen-bond acceptors (Lipinski definition) is 4. The van der Waals surface area contributed by atoms with Crippen molar-refractivity contribution < 1.29 is 14.3 Å². The first-order chi connectivity index (χ1) is 15.6. The number of ether oxygens (including phenoxy) is 1. The minimum atomic E-state index is -0.202. The zero-order valence-corrected chi connectivity index (χ0v) is 18.1. The Bertz CT molecular complexity index is 1080. The fourth-order valence-corrected chi connectivity index (χ4v) is 3.61. The van der Waals surface area contributed by atoms with Crippen LogP contribution in [0.5, 0.6) is 0 Å². The van der Waals surface area contributed by atoms with Crippen molar-refractivity contribution in [2.45, 2.75) is 13.5 Å². The molecule has 2 amide bonds. The maximum atomic E-state index is 12.7. The highest BCUT2D eigenvalue weighted by Crippen LogP contribution is 2.19. The number of carbonyl (C=O) groups is 2. The van der Waals surface area contributed by atoms with Gasteiger partial charge in [0.05, 0.1) is 13.2 Å². The average Bonchev–Trinajstić information content (AvgIpc) is 2.85. The molecule has 0 spiro atoms. The summed E-state index contributed by atoms with van der Waals surface area (Å²) in [7, 11) is 0. The van der Waals surface area contributed by atoms with Crippen LogP contribution in [0.25, 0.3) is 0 Å². The summed E-state index contributed by atoms with van der Waals surface area (Å²) >= 11 is 0. The van der Waals surface area contributed by atoms with E-state index in [-0.39, 0.29) is 11.8 Å². The van der Waals surface area contributed by atoms with Crippen LogP contribution in [0.3, 0.4) is 0 Å². The molecule has 0 atom stereocenters. The summed E-state index contributed by atoms with van der Waals surface area (Å²) in [4.78, 5) is 27.5. The average molecular weight is 430 g/mol. The predicted molar refractivity (Wildman–Crippen MR) is 126 cm³/mol. The van der Waals surface area contributed by atoms with Gasteiger partial charge in [-0.3, -0.25) is 9.59 Å². The van der Waals surface area contributed by atoms with Crippen molar-refractivity contribution in [3.05, 3.63) is 95.1 Å². The lowest BCUT2D eigenvalue weighted by atomic mass is 10.1. The van der Waals surface area contributed by atoms with E-state index in [4.69, 9.17) is 4.74 Å². The zero-order chi connectivity index (χ0) is 22.3. The Balaban J connectivity index is 1.37. The molecule has 1 fully saturated rings. The summed E-state index contributed by atoms with van der Waals surface area (Å²) in [5, 5.41) is 5.86. The van der Waals surface area contributed by atoms with E-state index in [1.807, 2.05) is 43.3 Å². The Hall–Kier alpha value is -3.64. The molecule has 6 nitrogen and oxygen atoms in total. The van der Waals surface area contributed by atoms with Gasteiger partial charge in [0.25, 0.3) is 11.8 Å². The molecule has 0 saturated carbocycles. The number of rotatable bonds is 6. The second-order valence-electron chi connectivity index (χ2n) is 7.80. The summed E-state index contributed by atoms with van der Waals surface area (Å²) in [5.74, 6) is -0.385. The fraction of sp³-hybridized carbons (Fsp3) is 0.231. The van der Waals surface area contributed by atoms with Crippen molar-refractivity contribution in [1.29, 1.82) is 0 Å². The number of carbonyl (C=O) groups excluding carboxylic acids is 2. The largest absolute Gasteiger partial charge is 0.378 e. The van der Waals surface area contributed by atoms with Crippen molar-refractivity contribution in [2.75, 3.05) is 36.5 Å². The highest BCUT2D eigenvalue weighted by molar-refractivity contribution is 6.05. The number of benzene rings is 3. The number of hydrogen-bond donors (Lipinski definition) is 2. The van der Waals surface area contributed by atoms with Gasteiger partial charge in [-0.25, -0.2) is 0 Å². The van der Waals surface area contributed by atoms with E-state index in [9.17, 15) is 9.59 Å². The van der Waals surface area contributed by atoms with Crippen molar-refractivity contribution in [3.8, 4) is 0 Å². The first-order valence-electron chi connectivity index (χ1n) is 10.8. The SMILES string of the molecule is Cc1ccc(C(=O)NCc2ccc(N3CCOCC3)cc2)cc1NC(=O)c1ccccc1. The lowest BCUT2D eigenvalue weighted by Crippen LogP contribution is -2.36. The Morgan fingerprint density at radius 3 is 2.31 bits per heavy atom. The molecule has 0 bridgehead atoms. The highest BCUT2D eigenvalue weighted by atomic mass is 16.5. The number of nitrogens with zero attached hydrogens (tertiary/aromatic N) is 1. The molecule has 164 valence electrons. The number of anilines is 2. The van der Waals surface area contributed by atoms with Gasteiger partial charge in [0.2, 0.25) is 0 Å². The molecular formula is C26H27N3O3. The molecule has 1 saturated heterocycles. The van der Waals surface area contributed by atoms with Crippen molar-refractivity contribution in [1.82, 2.24) is 5.32 Å². The molecule has 1 aliphatic heterocycles. The third kappa shape index (κ3) is 5.34. The molecular weight excluding hydrogens is 402 g/mol. The van der Waals surface area contributed by atoms with Crippen LogP contribution in [0.1, 0.15) is 31.8 Å². The Morgan fingerprint density at radius 2 is 1.59 bits per heavy atom. The van der Waals surface area contributed by atoms with Gasteiger partial charge in [-0.1, -0.05) is 36.4 Å². The molecule has 2 N–H and O–H groups in total. The molecule has 0 aliphatic carbocycles. The molecule has 3 aromatic rings. The first kappa shape index (κ1) is 21.6. The van der Waals surface area contributed by atoms with Crippen LogP contribution in [0.15, 0.2) is 72.8 Å². The zero-order valence-electron chi connectivity index (χ0n) is 18.1. The van der Waals surface area contributed by atoms with E-state index in [1.165, 1.54) is 5.69 Å². The Morgan fingerprint density at radius 1 is 0.875 bits per heavy atom. The summed E-state index contributed by atoms with van der Waals surface area (Å²) in [6.07, 6.45) is 0. The molecule has 32 heavy (non-hydrogen) atoms. The third-order valence-corrected chi connectivity index (χ3v) is 5.55. The van der Waals surface area contributed by atoms with Gasteiger partial charge in [0.1, 0.15) is 0 Å². The Labute approximate surface area is 188 Å². The summed E-state index contributed by atoms with van der Waals surface area (Å²) in [6, 6.07) is 22.6. The minimum Gasteiger partial charge on any atom is -0.378 e. The van der Waals surface area contributed by atoms with Gasteiger partial charge in [-0.2, -0.15) is 0 Å². The first-order valence-corrected chi connectivity index (χ1v) is 10.8. The number of amides is 2. The second kappa shape index (κ2) is 10.1. The van der Waals surface area contributed by atoms with Gasteiger partial charge in [0.15, 0.2) is 0 Å². The Kier molecular flexibility index (Phi) is 6.82. The summed E-state index contributed by atoms with van der Waals surface area (Å²) < 4.78 is 5.40. The maximum Gasteiger partial charge on any atom is 0.255 e. The quantitative estimate of drug-likeness (QED) is 0.621. The standard InChI is InChI=1S/C26H27N3O3/c1-19-7-10-22(17-24(19)28-26(31)21-5-3-2-4-6-21)25(30)27-18-20-8-11-23(12-9-20)29-13-15-32-16-14-29/h2-12,17H,13-16,18H2,1H3,(H,27,30)(H,28,31). The van der Waals surface area contributed by atoms with Crippen LogP contribution in [-0.2, 0) is 11.3 Å². The molecule has 6 heteroatoms. The molecule has 0 unspecified atom stereocenters. The summed E-state index contributed by atoms with van der Waals surface area (Å²) in [6.45, 7) is 5.63. The lowest BCUT2D eigenvalue weighted by molar-refractivity contribution is 0.0949. The van der Waals surface area contributed by atoms with Gasteiger partial charge in [-0.05, 0) is 54.4 Å². The van der Waals surface area contributed by atoms with E-state index in [2.05, 4.69) is 27.7 Å². The molecule has 0 radical (unpaired) electrons. The van der Waals surface area contributed by atoms with Crippen LogP contribution >= 0.6 is 0 Å². The molecule has 3 aromatic carbocycles. The van der Waals surface area contributed by atoms with E-state index in [0.717, 1.165) is 37.4 Å². The van der Waals surface area contributed by atoms with Gasteiger partial charge in [0, 0.05) is 42.1 Å². The molecule has 0 aromatic heterocycles. The van der Waals surface area contributed by atoms with Crippen LogP contribution in [0.4, 0.5) is 11.4 Å². The second-order valence-corrected chi connectivity index (χ2v) is 7.80. The van der Waals surface area contributed by atoms with E-state index in [1.54, 1.807) is 24.3 Å². The van der Waals surface area contributed by atoms with Crippen molar-refractivity contribution in [2.24, 2.45) is 0 Å². The topological polar surface area (TPSA) is 70.7 Å². The smallest absolute Gasteiger partial charge is 0.255 e. The number of aryl methyl sites for hydroxylation is 1. The van der Waals surface area contributed by atoms with Gasteiger partial charge < -0.3 is 20.3 Å². The highest BCUT2D eigenvalue weighted by Gasteiger charge is 2.13. The van der Waals surface area contributed by atoms with E-state index < -0.39 is 0 Å². The van der Waals surface area contributed by atoms with Crippen LogP contribution in [0.2, 0.25) is 0 Å². The maximum absolute atomic E-state index is 12.7. The molecule has 1 aliphatic rings. The molecule has 4 rings (SSSR count). The van der Waals surface area contributed by atoms with Crippen molar-refractivity contribution in [3.63, 3.8) is 0 Å². The monoisotopic (exact) mass is 429 g/mol. The van der Waals surface area contributed by atoms with Crippen molar-refractivity contribution >= 4 is 23.2 Å². The van der Waals surface area contributed by atoms with E-state index >= 15 is 0 Å². The lowest BCUT2D eigenvalue weighted by Gasteiger charge is -2.28. The number of morpholine rings is 1. The normalized spacial score (nSPS) is 13.5. The minimum absolute atomic E-state index is 0.183. The van der Waals surface area contributed by atoms with Gasteiger partial charge in [-0.15, -0.1) is 0 Å². The fourth-order valence-electron chi connectivity index (χ4n) is 3.61. The summed E-state index contributed by atoms with van der Waals surface area (Å²) in [5.41, 5.74) is 4.79. The van der Waals surface area contributed by atoms with Crippen LogP contribution in [0, 0.1) is 6.92 Å². The number of nitrogens with one attached hydrogen (secondary N) is 2. The third-order valence-electron chi connectivity index (χ3n) is 5.55. The predicted octanol–water partition coefficient (Wildman–Crippen LogP) is 4.01. The van der Waals surface area contributed by atoms with E-state index in [0.29, 0.717) is 23.4 Å². The van der Waals surface area contributed by atoms with Crippen LogP contribution < -0.4 is 15.5 Å². The van der Waals surface area contributed by atoms with Crippen LogP contribution in [-0.4, -0.2) is 38.1 Å². The van der Waals surface area contributed by atoms with Gasteiger partial charge >= 0.3 is 0 Å². The molecule has 1 heterocycles.